The average Bonchev–Trinajstić information content (AvgIpc) is 3.29. The predicted octanol–water partition coefficient (Wildman–Crippen LogP) is 5.45. The quantitative estimate of drug-likeness (QED) is 0.153. The second-order valence-electron chi connectivity index (χ2n) is 9.94. The minimum absolute atomic E-state index is 0.00439. The highest BCUT2D eigenvalue weighted by Gasteiger charge is 2.50. The first-order chi connectivity index (χ1) is 20.3. The molecule has 3 N–H and O–H groups in total. The summed E-state index contributed by atoms with van der Waals surface area (Å²) in [6, 6.07) is 16.9. The summed E-state index contributed by atoms with van der Waals surface area (Å²) in [6.07, 6.45) is -10.2. The van der Waals surface area contributed by atoms with Gasteiger partial charge < -0.3 is 14.6 Å². The highest BCUT2D eigenvalue weighted by molar-refractivity contribution is 6.00. The van der Waals surface area contributed by atoms with Gasteiger partial charge in [0.15, 0.2) is 5.54 Å². The van der Waals surface area contributed by atoms with Crippen LogP contribution < -0.4 is 15.6 Å². The van der Waals surface area contributed by atoms with E-state index in [1.807, 2.05) is 0 Å². The lowest BCUT2D eigenvalue weighted by atomic mass is 9.86. The number of alkyl halides is 6. The van der Waals surface area contributed by atoms with Gasteiger partial charge in [-0.15, -0.1) is 0 Å². The average molecular weight is 610 g/mol. The molecule has 0 radical (unpaired) electrons. The number of aliphatic imine (C=N–C) groups is 1. The Kier molecular flexibility index (Phi) is 9.65. The van der Waals surface area contributed by atoms with Gasteiger partial charge in [0.2, 0.25) is 5.90 Å². The van der Waals surface area contributed by atoms with Crippen LogP contribution in [0.5, 0.6) is 5.75 Å². The van der Waals surface area contributed by atoms with Gasteiger partial charge in [0, 0.05) is 31.6 Å². The van der Waals surface area contributed by atoms with E-state index < -0.39 is 47.6 Å². The van der Waals surface area contributed by atoms with E-state index >= 15 is 0 Å². The van der Waals surface area contributed by atoms with Crippen molar-refractivity contribution in [1.29, 1.82) is 0 Å². The number of aliphatic hydroxyl groups is 1. The van der Waals surface area contributed by atoms with Crippen molar-refractivity contribution in [3.8, 4) is 5.75 Å². The van der Waals surface area contributed by atoms with Gasteiger partial charge in [-0.1, -0.05) is 30.3 Å². The van der Waals surface area contributed by atoms with Crippen molar-refractivity contribution in [1.82, 2.24) is 10.9 Å². The summed E-state index contributed by atoms with van der Waals surface area (Å²) in [5.74, 6) is 0.0450. The second-order valence-corrected chi connectivity index (χ2v) is 9.94. The molecule has 0 fully saturated rings. The van der Waals surface area contributed by atoms with E-state index in [9.17, 15) is 31.1 Å². The molecule has 7 nitrogen and oxygen atoms in total. The Morgan fingerprint density at radius 2 is 1.58 bits per heavy atom. The van der Waals surface area contributed by atoms with E-state index in [1.54, 1.807) is 61.5 Å². The smallest absolute Gasteiger partial charge is 0.416 e. The Balaban J connectivity index is 1.57. The lowest BCUT2D eigenvalue weighted by Crippen LogP contribution is -2.55. The number of hydrogen-bond acceptors (Lipinski definition) is 6. The molecule has 2 atom stereocenters. The van der Waals surface area contributed by atoms with Gasteiger partial charge in [-0.2, -0.15) is 26.3 Å². The number of nitrogens with one attached hydrogen (secondary N) is 2. The minimum atomic E-state index is -5.00. The van der Waals surface area contributed by atoms with Crippen molar-refractivity contribution < 1.29 is 45.7 Å². The van der Waals surface area contributed by atoms with Crippen LogP contribution in [0, 0.1) is 0 Å². The van der Waals surface area contributed by atoms with Gasteiger partial charge in [-0.3, -0.25) is 10.2 Å². The zero-order chi connectivity index (χ0) is 31.3. The van der Waals surface area contributed by atoms with Crippen molar-refractivity contribution in [2.24, 2.45) is 4.99 Å². The molecule has 3 aromatic rings. The molecular weight excluding hydrogens is 580 g/mol. The molecule has 0 saturated heterocycles. The maximum atomic E-state index is 13.6. The van der Waals surface area contributed by atoms with Crippen LogP contribution in [0.4, 0.5) is 26.3 Å². The fourth-order valence-electron chi connectivity index (χ4n) is 4.51. The molecule has 43 heavy (non-hydrogen) atoms. The van der Waals surface area contributed by atoms with Gasteiger partial charge in [0.1, 0.15) is 11.9 Å². The molecular formula is C30H29F6N3O4. The van der Waals surface area contributed by atoms with Crippen LogP contribution in [0.3, 0.4) is 0 Å². The van der Waals surface area contributed by atoms with E-state index in [4.69, 9.17) is 14.6 Å². The maximum absolute atomic E-state index is 13.6. The normalized spacial score (nSPS) is 18.6. The Labute approximate surface area is 243 Å². The number of hydrogen-bond donors (Lipinski definition) is 3. The fraction of sp³-hybridized carbons (Fsp3) is 0.333. The van der Waals surface area contributed by atoms with Crippen LogP contribution in [0.15, 0.2) is 77.8 Å². The van der Waals surface area contributed by atoms with Crippen molar-refractivity contribution in [2.75, 3.05) is 13.2 Å². The first kappa shape index (κ1) is 31.8. The molecule has 1 heterocycles. The molecule has 1 amide bonds. The van der Waals surface area contributed by atoms with E-state index in [0.717, 1.165) is 5.56 Å². The zero-order valence-corrected chi connectivity index (χ0v) is 22.9. The number of hydrazine groups is 1. The predicted molar refractivity (Wildman–Crippen MR) is 145 cm³/mol. The van der Waals surface area contributed by atoms with Gasteiger partial charge >= 0.3 is 12.4 Å². The molecule has 3 aromatic carbocycles. The summed E-state index contributed by atoms with van der Waals surface area (Å²) in [4.78, 5) is 18.3. The van der Waals surface area contributed by atoms with Crippen LogP contribution in [0.1, 0.15) is 41.2 Å². The molecule has 0 unspecified atom stereocenters. The number of carbonyl (C=O) groups excluding carboxylic acids is 1. The Morgan fingerprint density at radius 1 is 0.953 bits per heavy atom. The summed E-state index contributed by atoms with van der Waals surface area (Å²) in [7, 11) is 0. The molecule has 0 saturated carbocycles. The second kappa shape index (κ2) is 13.0. The highest BCUT2D eigenvalue weighted by Crippen LogP contribution is 2.36. The summed E-state index contributed by atoms with van der Waals surface area (Å²) in [6.45, 7) is 1.45. The number of nitrogens with zero attached hydrogens (tertiary/aromatic N) is 1. The van der Waals surface area contributed by atoms with Crippen molar-refractivity contribution in [2.45, 2.75) is 50.3 Å². The number of rotatable bonds is 11. The number of carbonyl (C=O) groups is 1. The Morgan fingerprint density at radius 3 is 2.16 bits per heavy atom. The highest BCUT2D eigenvalue weighted by atomic mass is 19.4. The number of amides is 1. The van der Waals surface area contributed by atoms with Gasteiger partial charge in [-0.25, -0.2) is 10.4 Å². The number of benzene rings is 3. The topological polar surface area (TPSA) is 92.2 Å². The monoisotopic (exact) mass is 609 g/mol. The lowest BCUT2D eigenvalue weighted by Gasteiger charge is -2.28. The van der Waals surface area contributed by atoms with Gasteiger partial charge in [0.25, 0.3) is 5.91 Å². The van der Waals surface area contributed by atoms with Crippen LogP contribution in [0.2, 0.25) is 0 Å². The van der Waals surface area contributed by atoms with Crippen LogP contribution >= 0.6 is 0 Å². The van der Waals surface area contributed by atoms with E-state index in [1.165, 1.54) is 0 Å². The third-order valence-corrected chi connectivity index (χ3v) is 6.79. The van der Waals surface area contributed by atoms with Crippen molar-refractivity contribution >= 4 is 11.8 Å². The Hall–Kier alpha value is -4.10. The van der Waals surface area contributed by atoms with Crippen molar-refractivity contribution in [3.05, 3.63) is 101 Å². The molecule has 13 heteroatoms. The first-order valence-corrected chi connectivity index (χ1v) is 13.3. The lowest BCUT2D eigenvalue weighted by molar-refractivity contribution is -0.143. The SMILES string of the molecule is C[C@@H]1OC(c2ccc(OCCCO)cc2)=N[C@]1(Cc1ccccc1)C(=O)NNCc1cc(C(F)(F)F)cc(C(F)(F)F)c1. The minimum Gasteiger partial charge on any atom is -0.494 e. The first-order valence-electron chi connectivity index (χ1n) is 13.3. The number of ether oxygens (including phenoxy) is 2. The molecule has 1 aliphatic rings. The summed E-state index contributed by atoms with van der Waals surface area (Å²) in [5.41, 5.74) is 1.41. The summed E-state index contributed by atoms with van der Waals surface area (Å²) in [5, 5.41) is 8.92. The largest absolute Gasteiger partial charge is 0.494 e. The van der Waals surface area contributed by atoms with Crippen LogP contribution in [-0.2, 0) is 34.8 Å². The molecule has 0 aromatic heterocycles. The van der Waals surface area contributed by atoms with Gasteiger partial charge in [-0.05, 0) is 60.5 Å². The number of halogens is 6. The molecule has 4 rings (SSSR count). The molecule has 0 spiro atoms. The van der Waals surface area contributed by atoms with Crippen LogP contribution in [-0.4, -0.2) is 41.8 Å². The molecule has 0 aliphatic carbocycles. The van der Waals surface area contributed by atoms with Crippen LogP contribution in [0.25, 0.3) is 0 Å². The fourth-order valence-corrected chi connectivity index (χ4v) is 4.51. The third-order valence-electron chi connectivity index (χ3n) is 6.79. The zero-order valence-electron chi connectivity index (χ0n) is 22.9. The standard InChI is InChI=1S/C30H29F6N3O4/c1-19-28(17-20-6-3-2-4-7-20,38-26(43-19)22-8-10-25(11-9-22)42-13-5-12-40)27(41)39-37-18-21-14-23(29(31,32)33)16-24(15-21)30(34,35)36/h2-4,6-11,14-16,19,37,40H,5,12-13,17-18H2,1H3,(H,39,41)/t19-,28-/m0/s1. The Bertz CT molecular complexity index is 1400. The van der Waals surface area contributed by atoms with Gasteiger partial charge in [0.05, 0.1) is 17.7 Å². The van der Waals surface area contributed by atoms with E-state index in [2.05, 4.69) is 15.8 Å². The number of aliphatic hydroxyl groups excluding tert-OH is 1. The molecule has 230 valence electrons. The summed E-state index contributed by atoms with van der Waals surface area (Å²) < 4.78 is 91.1. The van der Waals surface area contributed by atoms with Crippen molar-refractivity contribution in [3.63, 3.8) is 0 Å². The van der Waals surface area contributed by atoms with E-state index in [0.29, 0.717) is 36.5 Å². The molecule has 1 aliphatic heterocycles. The molecule has 0 bridgehead atoms. The third kappa shape index (κ3) is 7.85. The summed E-state index contributed by atoms with van der Waals surface area (Å²) >= 11 is 0. The van der Waals surface area contributed by atoms with E-state index in [-0.39, 0.29) is 30.6 Å². The maximum Gasteiger partial charge on any atom is 0.416 e.